The molecule has 4 rings (SSSR count). The highest BCUT2D eigenvalue weighted by Crippen LogP contribution is 2.28. The van der Waals surface area contributed by atoms with E-state index in [-0.39, 0.29) is 5.82 Å². The molecule has 0 aliphatic carbocycles. The van der Waals surface area contributed by atoms with Crippen LogP contribution in [0.4, 0.5) is 17.3 Å². The minimum absolute atomic E-state index is 0.210. The Labute approximate surface area is 148 Å². The maximum atomic E-state index is 11.1. The number of nitrogens with zero attached hydrogens (tertiary/aromatic N) is 5. The van der Waals surface area contributed by atoms with Crippen molar-refractivity contribution in [3.05, 3.63) is 70.8 Å². The summed E-state index contributed by atoms with van der Waals surface area (Å²) >= 11 is 0. The number of para-hydroxylation sites is 1. The molecule has 4 aromatic rings. The number of nitro groups is 1. The molecule has 0 fully saturated rings. The number of benzene rings is 2. The van der Waals surface area contributed by atoms with E-state index in [1.807, 2.05) is 55.5 Å². The van der Waals surface area contributed by atoms with Crippen LogP contribution < -0.4 is 5.32 Å². The van der Waals surface area contributed by atoms with E-state index in [2.05, 4.69) is 19.9 Å². The molecule has 0 aliphatic rings. The average Bonchev–Trinajstić information content (AvgIpc) is 3.15. The van der Waals surface area contributed by atoms with Gasteiger partial charge in [0.1, 0.15) is 5.82 Å². The molecule has 8 heteroatoms. The molecule has 2 aromatic heterocycles. The van der Waals surface area contributed by atoms with Crippen molar-refractivity contribution in [2.45, 2.75) is 6.92 Å². The second kappa shape index (κ2) is 5.99. The number of hydrogen-bond donors (Lipinski definition) is 1. The molecule has 1 N–H and O–H groups in total. The number of fused-ring (bicyclic) bond motifs is 1. The normalized spacial score (nSPS) is 11.0. The first-order valence-electron chi connectivity index (χ1n) is 8.02. The Morgan fingerprint density at radius 2 is 1.92 bits per heavy atom. The van der Waals surface area contributed by atoms with Crippen LogP contribution in [-0.4, -0.2) is 24.0 Å². The molecule has 0 aliphatic heterocycles. The molecule has 0 amide bonds. The quantitative estimate of drug-likeness (QED) is 0.448. The van der Waals surface area contributed by atoms with E-state index < -0.39 is 4.92 Å². The SMILES string of the molecule is Cc1nc2cc(Nc3c([N+](=O)[O-])ncn3C)ccc2n1-c1ccccc1. The summed E-state index contributed by atoms with van der Waals surface area (Å²) in [5.41, 5.74) is 3.53. The van der Waals surface area contributed by atoms with Gasteiger partial charge in [0.05, 0.1) is 11.0 Å². The van der Waals surface area contributed by atoms with E-state index in [4.69, 9.17) is 0 Å². The lowest BCUT2D eigenvalue weighted by atomic mass is 10.2. The summed E-state index contributed by atoms with van der Waals surface area (Å²) in [4.78, 5) is 19.1. The lowest BCUT2D eigenvalue weighted by Crippen LogP contribution is -2.00. The van der Waals surface area contributed by atoms with Gasteiger partial charge in [0.2, 0.25) is 12.1 Å². The van der Waals surface area contributed by atoms with Crippen LogP contribution in [0.25, 0.3) is 16.7 Å². The van der Waals surface area contributed by atoms with Crippen molar-refractivity contribution in [2.75, 3.05) is 5.32 Å². The van der Waals surface area contributed by atoms with Gasteiger partial charge in [-0.3, -0.25) is 9.13 Å². The average molecular weight is 348 g/mol. The maximum absolute atomic E-state index is 11.1. The number of anilines is 2. The van der Waals surface area contributed by atoms with E-state index in [1.54, 1.807) is 11.6 Å². The Morgan fingerprint density at radius 1 is 1.15 bits per heavy atom. The van der Waals surface area contributed by atoms with Gasteiger partial charge >= 0.3 is 5.82 Å². The first-order chi connectivity index (χ1) is 12.5. The van der Waals surface area contributed by atoms with E-state index in [1.165, 1.54) is 6.33 Å². The monoisotopic (exact) mass is 348 g/mol. The van der Waals surface area contributed by atoms with Gasteiger partial charge < -0.3 is 15.4 Å². The molecule has 0 bridgehead atoms. The molecule has 2 heterocycles. The van der Waals surface area contributed by atoms with Crippen molar-refractivity contribution in [3.8, 4) is 5.69 Å². The van der Waals surface area contributed by atoms with Gasteiger partial charge in [0, 0.05) is 18.4 Å². The largest absolute Gasteiger partial charge is 0.406 e. The summed E-state index contributed by atoms with van der Waals surface area (Å²) in [6, 6.07) is 15.7. The van der Waals surface area contributed by atoms with Crippen molar-refractivity contribution >= 4 is 28.4 Å². The number of aromatic nitrogens is 4. The van der Waals surface area contributed by atoms with Gasteiger partial charge in [0.25, 0.3) is 0 Å². The minimum atomic E-state index is -0.505. The maximum Gasteiger partial charge on any atom is 0.406 e. The highest BCUT2D eigenvalue weighted by molar-refractivity contribution is 5.83. The van der Waals surface area contributed by atoms with E-state index in [9.17, 15) is 10.1 Å². The zero-order valence-electron chi connectivity index (χ0n) is 14.2. The smallest absolute Gasteiger partial charge is 0.358 e. The van der Waals surface area contributed by atoms with E-state index in [0.717, 1.165) is 22.5 Å². The van der Waals surface area contributed by atoms with Crippen LogP contribution in [0.5, 0.6) is 0 Å². The minimum Gasteiger partial charge on any atom is -0.358 e. The van der Waals surface area contributed by atoms with Crippen molar-refractivity contribution < 1.29 is 4.92 Å². The third kappa shape index (κ3) is 2.57. The molecule has 0 radical (unpaired) electrons. The Hall–Kier alpha value is -3.68. The van der Waals surface area contributed by atoms with Crippen LogP contribution in [-0.2, 0) is 7.05 Å². The zero-order chi connectivity index (χ0) is 18.3. The van der Waals surface area contributed by atoms with Crippen LogP contribution in [0.1, 0.15) is 5.82 Å². The van der Waals surface area contributed by atoms with Crippen molar-refractivity contribution in [3.63, 3.8) is 0 Å². The second-order valence-corrected chi connectivity index (χ2v) is 5.94. The van der Waals surface area contributed by atoms with Crippen molar-refractivity contribution in [2.24, 2.45) is 7.05 Å². The number of nitrogens with one attached hydrogen (secondary N) is 1. The van der Waals surface area contributed by atoms with Crippen LogP contribution in [0, 0.1) is 17.0 Å². The standard InChI is InChI=1S/C18H16N6O2/c1-12-20-15-10-13(21-18-17(24(25)26)19-11-22(18)2)8-9-16(15)23(12)14-6-4-3-5-7-14/h3-11,21H,1-2H3. The molecule has 0 atom stereocenters. The molecule has 0 unspecified atom stereocenters. The van der Waals surface area contributed by atoms with Crippen LogP contribution in [0.3, 0.4) is 0 Å². The molecule has 8 nitrogen and oxygen atoms in total. The predicted molar refractivity (Wildman–Crippen MR) is 99.0 cm³/mol. The second-order valence-electron chi connectivity index (χ2n) is 5.94. The fourth-order valence-electron chi connectivity index (χ4n) is 3.01. The molecule has 0 spiro atoms. The highest BCUT2D eigenvalue weighted by Gasteiger charge is 2.20. The Bertz CT molecular complexity index is 1110. The Kier molecular flexibility index (Phi) is 3.65. The van der Waals surface area contributed by atoms with Gasteiger partial charge in [-0.05, 0) is 47.2 Å². The predicted octanol–water partition coefficient (Wildman–Crippen LogP) is 3.72. The van der Waals surface area contributed by atoms with E-state index in [0.29, 0.717) is 11.5 Å². The summed E-state index contributed by atoms with van der Waals surface area (Å²) in [5, 5.41) is 14.2. The molecule has 0 saturated heterocycles. The lowest BCUT2D eigenvalue weighted by Gasteiger charge is -2.08. The highest BCUT2D eigenvalue weighted by atomic mass is 16.6. The van der Waals surface area contributed by atoms with Crippen molar-refractivity contribution in [1.29, 1.82) is 0 Å². The Balaban J connectivity index is 1.76. The number of imidazole rings is 2. The number of hydrogen-bond acceptors (Lipinski definition) is 5. The summed E-state index contributed by atoms with van der Waals surface area (Å²) in [5.74, 6) is 0.988. The van der Waals surface area contributed by atoms with Crippen LogP contribution >= 0.6 is 0 Å². The van der Waals surface area contributed by atoms with E-state index >= 15 is 0 Å². The zero-order valence-corrected chi connectivity index (χ0v) is 14.2. The fraction of sp³-hybridized carbons (Fsp3) is 0.111. The summed E-state index contributed by atoms with van der Waals surface area (Å²) < 4.78 is 3.65. The molecule has 26 heavy (non-hydrogen) atoms. The number of rotatable bonds is 4. The third-order valence-corrected chi connectivity index (χ3v) is 4.19. The van der Waals surface area contributed by atoms with Gasteiger partial charge in [-0.1, -0.05) is 18.2 Å². The molecular formula is C18H16N6O2. The van der Waals surface area contributed by atoms with Crippen LogP contribution in [0.2, 0.25) is 0 Å². The summed E-state index contributed by atoms with van der Waals surface area (Å²) in [6.45, 7) is 1.95. The number of aryl methyl sites for hydroxylation is 2. The summed E-state index contributed by atoms with van der Waals surface area (Å²) in [6.07, 6.45) is 1.41. The van der Waals surface area contributed by atoms with Crippen molar-refractivity contribution in [1.82, 2.24) is 19.1 Å². The third-order valence-electron chi connectivity index (χ3n) is 4.19. The molecular weight excluding hydrogens is 332 g/mol. The topological polar surface area (TPSA) is 90.8 Å². The summed E-state index contributed by atoms with van der Waals surface area (Å²) in [7, 11) is 1.70. The van der Waals surface area contributed by atoms with Gasteiger partial charge in [-0.25, -0.2) is 4.98 Å². The molecule has 2 aromatic carbocycles. The molecule has 130 valence electrons. The van der Waals surface area contributed by atoms with Crippen LogP contribution in [0.15, 0.2) is 54.9 Å². The Morgan fingerprint density at radius 3 is 2.65 bits per heavy atom. The first-order valence-corrected chi connectivity index (χ1v) is 8.02. The van der Waals surface area contributed by atoms with Gasteiger partial charge in [-0.15, -0.1) is 0 Å². The van der Waals surface area contributed by atoms with Gasteiger partial charge in [-0.2, -0.15) is 0 Å². The lowest BCUT2D eigenvalue weighted by molar-refractivity contribution is -0.388. The molecule has 0 saturated carbocycles. The fourth-order valence-corrected chi connectivity index (χ4v) is 3.01. The van der Waals surface area contributed by atoms with Gasteiger partial charge in [0.15, 0.2) is 0 Å². The first kappa shape index (κ1) is 15.8.